The number of amides is 8. The number of nitrogens with zero attached hydrogens (tertiary/aromatic N) is 4. The van der Waals surface area contributed by atoms with Crippen molar-refractivity contribution in [2.45, 2.75) is 104 Å². The van der Waals surface area contributed by atoms with Crippen molar-refractivity contribution in [3.05, 3.63) is 120 Å². The average Bonchev–Trinajstić information content (AvgIpc) is 3.96. The van der Waals surface area contributed by atoms with Crippen molar-refractivity contribution in [3.8, 4) is 11.3 Å². The zero-order valence-corrected chi connectivity index (χ0v) is 44.2. The molecule has 0 spiro atoms. The van der Waals surface area contributed by atoms with Crippen LogP contribution in [0.3, 0.4) is 0 Å². The number of aliphatic hydroxyl groups is 1. The predicted molar refractivity (Wildman–Crippen MR) is 284 cm³/mol. The maximum atomic E-state index is 15.1. The molecule has 0 fully saturated rings. The monoisotopic (exact) mass is 1070 g/mol. The Bertz CT molecular complexity index is 2730. The van der Waals surface area contributed by atoms with Crippen LogP contribution in [0.1, 0.15) is 89.7 Å². The lowest BCUT2D eigenvalue weighted by Gasteiger charge is -2.40. The Morgan fingerprint density at radius 3 is 2.13 bits per heavy atom. The van der Waals surface area contributed by atoms with Gasteiger partial charge < -0.3 is 52.6 Å². The Kier molecular flexibility index (Phi) is 22.2. The molecule has 10 N–H and O–H groups in total. The van der Waals surface area contributed by atoms with Gasteiger partial charge in [0.15, 0.2) is 0 Å². The molecule has 3 aromatic carbocycles. The lowest BCUT2D eigenvalue weighted by atomic mass is 9.84. The van der Waals surface area contributed by atoms with Crippen molar-refractivity contribution < 1.29 is 52.2 Å². The second-order valence-electron chi connectivity index (χ2n) is 20.2. The minimum atomic E-state index is -1.19. The molecule has 8 amide bonds. The Hall–Kier alpha value is -7.69. The van der Waals surface area contributed by atoms with Crippen LogP contribution in [0.25, 0.3) is 11.3 Å². The van der Waals surface area contributed by atoms with Gasteiger partial charge in [-0.25, -0.2) is 13.8 Å². The van der Waals surface area contributed by atoms with Gasteiger partial charge in [-0.1, -0.05) is 77.1 Å². The molecule has 4 atom stereocenters. The number of carbonyl (C=O) groups is 8. The van der Waals surface area contributed by atoms with Crippen LogP contribution >= 0.6 is 0 Å². The van der Waals surface area contributed by atoms with Gasteiger partial charge in [-0.05, 0) is 85.0 Å². The maximum Gasteiger partial charge on any atom is 0.253 e. The molecule has 0 saturated heterocycles. The van der Waals surface area contributed by atoms with Crippen LogP contribution in [0.2, 0.25) is 0 Å². The summed E-state index contributed by atoms with van der Waals surface area (Å²) >= 11 is 0. The summed E-state index contributed by atoms with van der Waals surface area (Å²) in [6.07, 6.45) is 4.92. The van der Waals surface area contributed by atoms with Crippen molar-refractivity contribution in [1.29, 1.82) is 0 Å². The summed E-state index contributed by atoms with van der Waals surface area (Å²) in [4.78, 5) is 111. The van der Waals surface area contributed by atoms with E-state index < -0.39 is 95.1 Å². The quantitative estimate of drug-likeness (QED) is 0.0301. The zero-order chi connectivity index (χ0) is 56.4. The van der Waals surface area contributed by atoms with Gasteiger partial charge in [0.05, 0.1) is 24.2 Å². The number of imidazole rings is 1. The summed E-state index contributed by atoms with van der Waals surface area (Å²) in [5, 5.41) is 23.8. The van der Waals surface area contributed by atoms with Gasteiger partial charge >= 0.3 is 0 Å². The van der Waals surface area contributed by atoms with E-state index in [9.17, 15) is 47.9 Å². The van der Waals surface area contributed by atoms with Crippen molar-refractivity contribution in [3.63, 3.8) is 0 Å². The largest absolute Gasteiger partial charge is 0.387 e. The van der Waals surface area contributed by atoms with Crippen LogP contribution in [-0.4, -0.2) is 129 Å². The summed E-state index contributed by atoms with van der Waals surface area (Å²) < 4.78 is 31.3. The Balaban J connectivity index is 1.16. The number of unbranched alkanes of at least 4 members (excludes halogenated alkanes) is 1. The Morgan fingerprint density at radius 2 is 1.49 bits per heavy atom. The van der Waals surface area contributed by atoms with E-state index in [0.29, 0.717) is 36.5 Å². The van der Waals surface area contributed by atoms with Gasteiger partial charge in [-0.2, -0.15) is 0 Å². The highest BCUT2D eigenvalue weighted by Crippen LogP contribution is 2.39. The molecule has 77 heavy (non-hydrogen) atoms. The topological polar surface area (TPSA) is 293 Å². The van der Waals surface area contributed by atoms with Crippen LogP contribution in [0.5, 0.6) is 0 Å². The van der Waals surface area contributed by atoms with Crippen molar-refractivity contribution in [1.82, 2.24) is 40.6 Å². The summed E-state index contributed by atoms with van der Waals surface area (Å²) in [6.45, 7) is 8.56. The third-order valence-electron chi connectivity index (χ3n) is 12.7. The molecular formula is C55H71F2N11O9. The standard InChI is InChI=1S/C55H71F2N11O9/c1-34(2)49(54(77)64-42(13-9-10-24-58)53(76)62-38-17-14-35(15-18-38)29-45(71)60-26-28-67-46(72)20-21-47(67)73)65-44(70)22-25-61-52(75)41(59)23-27-68(48(74)33-69)50(55(3,4)5)51-63-43(39-30-37(56)16-19-40(39)57)32-66(51)31-36-11-7-6-8-12-36/h6-8,11-12,14-21,30,32,34,41-42,49-50,69H,9-10,13,22-29,31,33,58-59H2,1-5H3,(H,60,71)(H,61,75)(H,62,76)(H,64,77)(H,65,70)/t41-,42-,49-,50-/m0/s1. The molecule has 0 radical (unpaired) electrons. The maximum absolute atomic E-state index is 15.1. The fourth-order valence-electron chi connectivity index (χ4n) is 8.65. The fourth-order valence-corrected chi connectivity index (χ4v) is 8.65. The van der Waals surface area contributed by atoms with E-state index in [1.54, 1.807) is 48.9 Å². The highest BCUT2D eigenvalue weighted by atomic mass is 19.1. The number of halogens is 2. The van der Waals surface area contributed by atoms with E-state index in [1.807, 2.05) is 51.1 Å². The lowest BCUT2D eigenvalue weighted by Crippen LogP contribution is -2.54. The van der Waals surface area contributed by atoms with Gasteiger partial charge in [0.1, 0.15) is 36.1 Å². The number of imide groups is 1. The molecule has 1 aliphatic rings. The molecule has 0 unspecified atom stereocenters. The van der Waals surface area contributed by atoms with Crippen molar-refractivity contribution in [2.75, 3.05) is 44.6 Å². The minimum absolute atomic E-state index is 0.00152. The van der Waals surface area contributed by atoms with Gasteiger partial charge in [0, 0.05) is 68.7 Å². The Labute approximate surface area is 446 Å². The molecule has 0 bridgehead atoms. The van der Waals surface area contributed by atoms with Crippen LogP contribution in [0.15, 0.2) is 91.1 Å². The smallest absolute Gasteiger partial charge is 0.253 e. The number of nitrogens with two attached hydrogens (primary N) is 2. The first-order valence-electron chi connectivity index (χ1n) is 25.6. The molecule has 20 nitrogen and oxygen atoms in total. The number of aliphatic hydroxyl groups excluding tert-OH is 1. The molecule has 5 rings (SSSR count). The SMILES string of the molecule is CC(C)[C@H](NC(=O)CCNC(=O)[C@@H](N)CCN(C(=O)CO)[C@@H](c1nc(-c2cc(F)ccc2F)cn1Cc1ccccc1)C(C)(C)C)C(=O)N[C@@H](CCCCN)C(=O)Nc1ccc(CC(=O)NCCN2C(=O)C=CC2=O)cc1. The predicted octanol–water partition coefficient (Wildman–Crippen LogP) is 2.99. The highest BCUT2D eigenvalue weighted by molar-refractivity contribution is 6.12. The first-order valence-corrected chi connectivity index (χ1v) is 25.6. The van der Waals surface area contributed by atoms with E-state index in [-0.39, 0.29) is 75.6 Å². The minimum Gasteiger partial charge on any atom is -0.387 e. The summed E-state index contributed by atoms with van der Waals surface area (Å²) in [5.41, 5.74) is 13.2. The second-order valence-corrected chi connectivity index (χ2v) is 20.2. The summed E-state index contributed by atoms with van der Waals surface area (Å²) in [7, 11) is 0. The zero-order valence-electron chi connectivity index (χ0n) is 44.2. The van der Waals surface area contributed by atoms with E-state index in [0.717, 1.165) is 28.7 Å². The number of rotatable bonds is 28. The molecule has 0 saturated carbocycles. The van der Waals surface area contributed by atoms with Crippen molar-refractivity contribution >= 4 is 52.9 Å². The molecule has 1 aromatic heterocycles. The van der Waals surface area contributed by atoms with Crippen LogP contribution in [0, 0.1) is 23.0 Å². The average molecular weight is 1070 g/mol. The molecular weight excluding hydrogens is 997 g/mol. The molecule has 1 aliphatic heterocycles. The van der Waals surface area contributed by atoms with E-state index in [4.69, 9.17) is 16.5 Å². The fraction of sp³-hybridized carbons (Fsp3) is 0.436. The Morgan fingerprint density at radius 1 is 0.805 bits per heavy atom. The number of hydrogen-bond donors (Lipinski definition) is 8. The first-order chi connectivity index (χ1) is 36.6. The van der Waals surface area contributed by atoms with E-state index >= 15 is 4.39 Å². The highest BCUT2D eigenvalue weighted by Gasteiger charge is 2.39. The number of aromatic nitrogens is 2. The summed E-state index contributed by atoms with van der Waals surface area (Å²) in [6, 6.07) is 14.7. The van der Waals surface area contributed by atoms with Crippen LogP contribution < -0.4 is 38.1 Å². The van der Waals surface area contributed by atoms with Crippen LogP contribution in [0.4, 0.5) is 14.5 Å². The first kappa shape index (κ1) is 60.2. The molecule has 2 heterocycles. The van der Waals surface area contributed by atoms with Gasteiger partial charge in [0.25, 0.3) is 11.8 Å². The number of benzene rings is 3. The number of anilines is 1. The summed E-state index contributed by atoms with van der Waals surface area (Å²) in [5.74, 6) is -5.72. The third-order valence-corrected chi connectivity index (χ3v) is 12.7. The number of hydrogen-bond acceptors (Lipinski definition) is 12. The van der Waals surface area contributed by atoms with E-state index in [1.165, 1.54) is 17.1 Å². The number of nitrogens with one attached hydrogen (secondary N) is 5. The van der Waals surface area contributed by atoms with Gasteiger partial charge in [-0.3, -0.25) is 43.3 Å². The second kappa shape index (κ2) is 28.4. The lowest BCUT2D eigenvalue weighted by molar-refractivity contribution is -0.140. The number of carbonyl (C=O) groups excluding carboxylic acids is 8. The van der Waals surface area contributed by atoms with Gasteiger partial charge in [0.2, 0.25) is 35.4 Å². The van der Waals surface area contributed by atoms with Gasteiger partial charge in [-0.15, -0.1) is 0 Å². The third kappa shape index (κ3) is 17.7. The normalized spacial score (nSPS) is 13.9. The molecule has 414 valence electrons. The van der Waals surface area contributed by atoms with Crippen LogP contribution in [-0.2, 0) is 51.3 Å². The molecule has 4 aromatic rings. The molecule has 22 heteroatoms. The van der Waals surface area contributed by atoms with Crippen molar-refractivity contribution in [2.24, 2.45) is 22.8 Å². The van der Waals surface area contributed by atoms with E-state index in [2.05, 4.69) is 26.6 Å². The molecule has 0 aliphatic carbocycles.